The van der Waals surface area contributed by atoms with Gasteiger partial charge in [0.05, 0.1) is 19.8 Å². The summed E-state index contributed by atoms with van der Waals surface area (Å²) in [6.07, 6.45) is 2.19. The number of rotatable bonds is 8. The van der Waals surface area contributed by atoms with Gasteiger partial charge in [0.15, 0.2) is 0 Å². The molecule has 0 aromatic heterocycles. The molecule has 0 amide bonds. The van der Waals surface area contributed by atoms with Gasteiger partial charge in [0.1, 0.15) is 0 Å². The molecule has 0 aromatic rings. The zero-order chi connectivity index (χ0) is 12.6. The van der Waals surface area contributed by atoms with Crippen LogP contribution in [0.2, 0.25) is 0 Å². The van der Waals surface area contributed by atoms with Crippen molar-refractivity contribution in [3.63, 3.8) is 0 Å². The zero-order valence-electron chi connectivity index (χ0n) is 10.9. The number of methoxy groups -OCH3 is 1. The molecule has 3 N–H and O–H groups in total. The molecule has 1 aliphatic heterocycles. The highest BCUT2D eigenvalue weighted by molar-refractivity contribution is 4.86. The lowest BCUT2D eigenvalue weighted by atomic mass is 9.82. The van der Waals surface area contributed by atoms with E-state index in [1.54, 1.807) is 7.11 Å². The summed E-state index contributed by atoms with van der Waals surface area (Å²) in [6, 6.07) is 0. The van der Waals surface area contributed by atoms with E-state index in [4.69, 9.17) is 20.3 Å². The Morgan fingerprint density at radius 2 is 2.29 bits per heavy atom. The molecule has 1 fully saturated rings. The topological polar surface area (TPSA) is 68.0 Å². The van der Waals surface area contributed by atoms with Gasteiger partial charge in [-0.2, -0.15) is 0 Å². The summed E-state index contributed by atoms with van der Waals surface area (Å²) in [5.41, 5.74) is 5.97. The van der Waals surface area contributed by atoms with E-state index in [9.17, 15) is 0 Å². The standard InChI is InChI=1S/C12H26N2O3/c1-16-8-5-14(4-6-15)10-12(9-13)3-2-7-17-11-12/h15H,2-11,13H2,1H3. The van der Waals surface area contributed by atoms with Gasteiger partial charge in [-0.15, -0.1) is 0 Å². The van der Waals surface area contributed by atoms with E-state index in [-0.39, 0.29) is 12.0 Å². The van der Waals surface area contributed by atoms with Crippen molar-refractivity contribution in [1.29, 1.82) is 0 Å². The smallest absolute Gasteiger partial charge is 0.0589 e. The number of nitrogens with two attached hydrogens (primary N) is 1. The summed E-state index contributed by atoms with van der Waals surface area (Å²) in [4.78, 5) is 2.21. The van der Waals surface area contributed by atoms with Crippen molar-refractivity contribution in [2.45, 2.75) is 12.8 Å². The van der Waals surface area contributed by atoms with Gasteiger partial charge >= 0.3 is 0 Å². The molecule has 0 radical (unpaired) electrons. The van der Waals surface area contributed by atoms with Crippen LogP contribution < -0.4 is 5.73 Å². The highest BCUT2D eigenvalue weighted by Crippen LogP contribution is 2.28. The number of aliphatic hydroxyl groups excluding tert-OH is 1. The molecule has 5 nitrogen and oxygen atoms in total. The van der Waals surface area contributed by atoms with E-state index in [0.717, 1.165) is 39.1 Å². The number of hydrogen-bond donors (Lipinski definition) is 2. The van der Waals surface area contributed by atoms with Crippen molar-refractivity contribution in [1.82, 2.24) is 4.90 Å². The molecule has 1 aliphatic rings. The first-order chi connectivity index (χ1) is 8.26. The molecule has 1 unspecified atom stereocenters. The minimum Gasteiger partial charge on any atom is -0.395 e. The van der Waals surface area contributed by atoms with Gasteiger partial charge in [0.2, 0.25) is 0 Å². The minimum absolute atomic E-state index is 0.0567. The fraction of sp³-hybridized carbons (Fsp3) is 1.00. The zero-order valence-corrected chi connectivity index (χ0v) is 10.9. The van der Waals surface area contributed by atoms with E-state index < -0.39 is 0 Å². The summed E-state index contributed by atoms with van der Waals surface area (Å²) < 4.78 is 10.6. The molecule has 102 valence electrons. The molecule has 0 bridgehead atoms. The van der Waals surface area contributed by atoms with Crippen LogP contribution in [0.25, 0.3) is 0 Å². The Kier molecular flexibility index (Phi) is 6.99. The monoisotopic (exact) mass is 246 g/mol. The van der Waals surface area contributed by atoms with E-state index in [2.05, 4.69) is 4.90 Å². The minimum atomic E-state index is 0.0567. The lowest BCUT2D eigenvalue weighted by Crippen LogP contribution is -2.49. The molecular formula is C12H26N2O3. The average molecular weight is 246 g/mol. The third-order valence-corrected chi connectivity index (χ3v) is 3.42. The van der Waals surface area contributed by atoms with Crippen LogP contribution in [-0.2, 0) is 9.47 Å². The third-order valence-electron chi connectivity index (χ3n) is 3.42. The normalized spacial score (nSPS) is 25.4. The van der Waals surface area contributed by atoms with Gasteiger partial charge in [0, 0.05) is 45.3 Å². The molecule has 5 heteroatoms. The van der Waals surface area contributed by atoms with Crippen LogP contribution in [0, 0.1) is 5.41 Å². The van der Waals surface area contributed by atoms with E-state index in [1.807, 2.05) is 0 Å². The summed E-state index contributed by atoms with van der Waals surface area (Å²) >= 11 is 0. The average Bonchev–Trinajstić information content (AvgIpc) is 2.37. The molecule has 0 aromatic carbocycles. The lowest BCUT2D eigenvalue weighted by Gasteiger charge is -2.40. The lowest BCUT2D eigenvalue weighted by molar-refractivity contribution is -0.0266. The predicted octanol–water partition coefficient (Wildman–Crippen LogP) is -0.317. The fourth-order valence-corrected chi connectivity index (χ4v) is 2.37. The second kappa shape index (κ2) is 8.00. The Morgan fingerprint density at radius 3 is 2.82 bits per heavy atom. The molecule has 1 atom stereocenters. The highest BCUT2D eigenvalue weighted by Gasteiger charge is 2.33. The maximum Gasteiger partial charge on any atom is 0.0589 e. The summed E-state index contributed by atoms with van der Waals surface area (Å²) in [5, 5.41) is 9.08. The van der Waals surface area contributed by atoms with Crippen molar-refractivity contribution in [2.24, 2.45) is 11.1 Å². The molecule has 0 spiro atoms. The maximum absolute atomic E-state index is 9.08. The maximum atomic E-state index is 9.08. The number of aliphatic hydroxyl groups is 1. The second-order valence-corrected chi connectivity index (χ2v) is 4.85. The van der Waals surface area contributed by atoms with Gasteiger partial charge in [-0.3, -0.25) is 4.90 Å². The largest absolute Gasteiger partial charge is 0.395 e. The van der Waals surface area contributed by atoms with Gasteiger partial charge in [-0.25, -0.2) is 0 Å². The molecule has 17 heavy (non-hydrogen) atoms. The summed E-state index contributed by atoms with van der Waals surface area (Å²) in [5.74, 6) is 0. The number of hydrogen-bond acceptors (Lipinski definition) is 5. The second-order valence-electron chi connectivity index (χ2n) is 4.85. The van der Waals surface area contributed by atoms with Gasteiger partial charge in [-0.05, 0) is 12.8 Å². The molecular weight excluding hydrogens is 220 g/mol. The molecule has 1 saturated heterocycles. The van der Waals surface area contributed by atoms with Crippen molar-refractivity contribution in [2.75, 3.05) is 59.7 Å². The molecule has 0 saturated carbocycles. The Hall–Kier alpha value is -0.200. The van der Waals surface area contributed by atoms with E-state index in [0.29, 0.717) is 19.7 Å². The van der Waals surface area contributed by atoms with Crippen molar-refractivity contribution >= 4 is 0 Å². The first-order valence-corrected chi connectivity index (χ1v) is 6.36. The fourth-order valence-electron chi connectivity index (χ4n) is 2.37. The van der Waals surface area contributed by atoms with Crippen LogP contribution in [0.3, 0.4) is 0 Å². The first kappa shape index (κ1) is 14.9. The Bertz CT molecular complexity index is 196. The first-order valence-electron chi connectivity index (χ1n) is 6.36. The van der Waals surface area contributed by atoms with Crippen LogP contribution >= 0.6 is 0 Å². The molecule has 0 aliphatic carbocycles. The third kappa shape index (κ3) is 4.89. The predicted molar refractivity (Wildman–Crippen MR) is 66.9 cm³/mol. The van der Waals surface area contributed by atoms with Crippen LogP contribution in [-0.4, -0.2) is 69.7 Å². The molecule has 1 heterocycles. The number of nitrogens with zero attached hydrogens (tertiary/aromatic N) is 1. The van der Waals surface area contributed by atoms with Crippen molar-refractivity contribution in [3.05, 3.63) is 0 Å². The Balaban J connectivity index is 2.48. The quantitative estimate of drug-likeness (QED) is 0.614. The van der Waals surface area contributed by atoms with E-state index >= 15 is 0 Å². The van der Waals surface area contributed by atoms with E-state index in [1.165, 1.54) is 0 Å². The van der Waals surface area contributed by atoms with Gasteiger partial charge in [-0.1, -0.05) is 0 Å². The highest BCUT2D eigenvalue weighted by atomic mass is 16.5. The van der Waals surface area contributed by atoms with Gasteiger partial charge < -0.3 is 20.3 Å². The number of ether oxygens (including phenoxy) is 2. The van der Waals surface area contributed by atoms with Gasteiger partial charge in [0.25, 0.3) is 0 Å². The Morgan fingerprint density at radius 1 is 1.47 bits per heavy atom. The van der Waals surface area contributed by atoms with Crippen LogP contribution in [0.15, 0.2) is 0 Å². The van der Waals surface area contributed by atoms with Crippen LogP contribution in [0.4, 0.5) is 0 Å². The van der Waals surface area contributed by atoms with Crippen molar-refractivity contribution < 1.29 is 14.6 Å². The SMILES string of the molecule is COCCN(CCO)CC1(CN)CCCOC1. The summed E-state index contributed by atoms with van der Waals surface area (Å²) in [7, 11) is 1.69. The molecule has 1 rings (SSSR count). The Labute approximate surface area is 104 Å². The van der Waals surface area contributed by atoms with Crippen molar-refractivity contribution in [3.8, 4) is 0 Å². The van der Waals surface area contributed by atoms with Crippen LogP contribution in [0.1, 0.15) is 12.8 Å². The van der Waals surface area contributed by atoms with Crippen LogP contribution in [0.5, 0.6) is 0 Å². The summed E-state index contributed by atoms with van der Waals surface area (Å²) in [6.45, 7) is 5.46.